The van der Waals surface area contributed by atoms with Gasteiger partial charge in [-0.05, 0) is 12.1 Å². The number of amides is 2. The Morgan fingerprint density at radius 3 is 2.65 bits per heavy atom. The Hall–Kier alpha value is -2.35. The molecule has 1 aromatic heterocycles. The van der Waals surface area contributed by atoms with Gasteiger partial charge in [-0.1, -0.05) is 0 Å². The Balaban J connectivity index is 2.29. The van der Waals surface area contributed by atoms with Crippen molar-refractivity contribution in [3.05, 3.63) is 24.2 Å². The number of furan rings is 1. The second-order valence-corrected chi connectivity index (χ2v) is 3.95. The molecule has 1 heterocycles. The van der Waals surface area contributed by atoms with E-state index in [1.165, 1.54) is 12.3 Å². The first-order chi connectivity index (χ1) is 9.54. The summed E-state index contributed by atoms with van der Waals surface area (Å²) in [6.45, 7) is -0.288. The number of rotatable bonds is 8. The van der Waals surface area contributed by atoms with Crippen LogP contribution in [0.25, 0.3) is 0 Å². The summed E-state index contributed by atoms with van der Waals surface area (Å²) in [6, 6.07) is 1.92. The summed E-state index contributed by atoms with van der Waals surface area (Å²) in [6.07, 6.45) is 1.22. The number of hydrogen-bond acceptors (Lipinski definition) is 5. The van der Waals surface area contributed by atoms with Crippen LogP contribution in [0.4, 0.5) is 0 Å². The lowest BCUT2D eigenvalue weighted by molar-refractivity contribution is -0.142. The quantitative estimate of drug-likeness (QED) is 0.502. The van der Waals surface area contributed by atoms with Gasteiger partial charge in [0.25, 0.3) is 5.91 Å². The van der Waals surface area contributed by atoms with E-state index in [4.69, 9.17) is 14.6 Å². The molecular formula is C12H16N2O6. The zero-order valence-corrected chi connectivity index (χ0v) is 10.7. The molecule has 110 valence electrons. The molecule has 1 rings (SSSR count). The molecule has 0 aliphatic heterocycles. The topological polar surface area (TPSA) is 129 Å². The van der Waals surface area contributed by atoms with Gasteiger partial charge in [0.05, 0.1) is 6.26 Å². The highest BCUT2D eigenvalue weighted by atomic mass is 16.4. The summed E-state index contributed by atoms with van der Waals surface area (Å²) in [5.41, 5.74) is 0. The lowest BCUT2D eigenvalue weighted by Crippen LogP contribution is -2.42. The highest BCUT2D eigenvalue weighted by Crippen LogP contribution is 1.99. The summed E-state index contributed by atoms with van der Waals surface area (Å²) >= 11 is 0. The first kappa shape index (κ1) is 15.7. The van der Waals surface area contributed by atoms with Crippen molar-refractivity contribution in [3.63, 3.8) is 0 Å². The molecule has 0 spiro atoms. The van der Waals surface area contributed by atoms with Crippen molar-refractivity contribution < 1.29 is 29.0 Å². The standard InChI is InChI=1S/C12H16N2O6/c15-6-4-8(12(18)19)14-10(16)3-5-13-11(17)9-2-1-7-20-9/h1-2,7-8,15H,3-6H2,(H,13,17)(H,14,16)(H,18,19)/t8-/m1/s1. The van der Waals surface area contributed by atoms with Crippen molar-refractivity contribution in [2.75, 3.05) is 13.2 Å². The van der Waals surface area contributed by atoms with Gasteiger partial charge in [-0.25, -0.2) is 4.79 Å². The number of aliphatic hydroxyl groups is 1. The van der Waals surface area contributed by atoms with Gasteiger partial charge in [0.15, 0.2) is 5.76 Å². The fourth-order valence-corrected chi connectivity index (χ4v) is 1.44. The molecule has 8 nitrogen and oxygen atoms in total. The van der Waals surface area contributed by atoms with Crippen molar-refractivity contribution >= 4 is 17.8 Å². The summed E-state index contributed by atoms with van der Waals surface area (Å²) in [5.74, 6) is -2.06. The molecule has 0 aromatic carbocycles. The number of carboxylic acid groups (broad SMARTS) is 1. The van der Waals surface area contributed by atoms with Gasteiger partial charge in [0, 0.05) is 26.0 Å². The van der Waals surface area contributed by atoms with Crippen LogP contribution in [0, 0.1) is 0 Å². The molecule has 8 heteroatoms. The number of nitrogens with one attached hydrogen (secondary N) is 2. The minimum Gasteiger partial charge on any atom is -0.480 e. The smallest absolute Gasteiger partial charge is 0.326 e. The molecule has 2 amide bonds. The van der Waals surface area contributed by atoms with E-state index in [1.807, 2.05) is 0 Å². The van der Waals surface area contributed by atoms with Gasteiger partial charge in [-0.15, -0.1) is 0 Å². The van der Waals surface area contributed by atoms with Crippen LogP contribution in [0.5, 0.6) is 0 Å². The summed E-state index contributed by atoms with van der Waals surface area (Å²) < 4.78 is 4.86. The third-order valence-electron chi connectivity index (χ3n) is 2.43. The molecule has 0 bridgehead atoms. The van der Waals surface area contributed by atoms with Gasteiger partial charge in [-0.3, -0.25) is 9.59 Å². The molecular weight excluding hydrogens is 268 g/mol. The zero-order chi connectivity index (χ0) is 15.0. The Bertz CT molecular complexity index is 457. The fraction of sp³-hybridized carbons (Fsp3) is 0.417. The summed E-state index contributed by atoms with van der Waals surface area (Å²) in [4.78, 5) is 33.7. The first-order valence-corrected chi connectivity index (χ1v) is 5.99. The Labute approximate surface area is 114 Å². The third-order valence-corrected chi connectivity index (χ3v) is 2.43. The van der Waals surface area contributed by atoms with E-state index in [9.17, 15) is 14.4 Å². The van der Waals surface area contributed by atoms with Crippen LogP contribution in [0.1, 0.15) is 23.4 Å². The Morgan fingerprint density at radius 2 is 2.10 bits per heavy atom. The molecule has 0 saturated carbocycles. The highest BCUT2D eigenvalue weighted by molar-refractivity contribution is 5.91. The molecule has 0 aliphatic carbocycles. The van der Waals surface area contributed by atoms with E-state index in [-0.39, 0.29) is 31.8 Å². The van der Waals surface area contributed by atoms with Crippen LogP contribution < -0.4 is 10.6 Å². The molecule has 1 aromatic rings. The second kappa shape index (κ2) is 7.95. The van der Waals surface area contributed by atoms with Gasteiger partial charge < -0.3 is 25.3 Å². The van der Waals surface area contributed by atoms with Crippen molar-refractivity contribution in [1.82, 2.24) is 10.6 Å². The molecule has 1 atom stereocenters. The number of carboxylic acids is 1. The summed E-state index contributed by atoms with van der Waals surface area (Å²) in [7, 11) is 0. The molecule has 0 fully saturated rings. The third kappa shape index (κ3) is 5.11. The average Bonchev–Trinajstić information content (AvgIpc) is 2.91. The minimum atomic E-state index is -1.22. The van der Waals surface area contributed by atoms with E-state index in [2.05, 4.69) is 10.6 Å². The zero-order valence-electron chi connectivity index (χ0n) is 10.7. The van der Waals surface area contributed by atoms with Gasteiger partial charge in [0.2, 0.25) is 5.91 Å². The van der Waals surface area contributed by atoms with Gasteiger partial charge in [-0.2, -0.15) is 0 Å². The average molecular weight is 284 g/mol. The first-order valence-electron chi connectivity index (χ1n) is 5.99. The van der Waals surface area contributed by atoms with Crippen LogP contribution >= 0.6 is 0 Å². The van der Waals surface area contributed by atoms with Crippen molar-refractivity contribution in [2.45, 2.75) is 18.9 Å². The number of carbonyl (C=O) groups excluding carboxylic acids is 2. The lowest BCUT2D eigenvalue weighted by atomic mass is 10.2. The normalized spacial score (nSPS) is 11.7. The second-order valence-electron chi connectivity index (χ2n) is 3.95. The maximum absolute atomic E-state index is 11.5. The van der Waals surface area contributed by atoms with Crippen LogP contribution in [0.15, 0.2) is 22.8 Å². The molecule has 0 unspecified atom stereocenters. The Kier molecular flexibility index (Phi) is 6.24. The van der Waals surface area contributed by atoms with Crippen molar-refractivity contribution in [1.29, 1.82) is 0 Å². The predicted molar refractivity (Wildman–Crippen MR) is 66.9 cm³/mol. The van der Waals surface area contributed by atoms with Crippen molar-refractivity contribution in [2.24, 2.45) is 0 Å². The van der Waals surface area contributed by atoms with E-state index >= 15 is 0 Å². The maximum Gasteiger partial charge on any atom is 0.326 e. The van der Waals surface area contributed by atoms with Crippen LogP contribution in [-0.2, 0) is 9.59 Å². The molecule has 4 N–H and O–H groups in total. The minimum absolute atomic E-state index is 0.0524. The number of aliphatic hydroxyl groups excluding tert-OH is 1. The number of hydrogen-bond donors (Lipinski definition) is 4. The van der Waals surface area contributed by atoms with Crippen LogP contribution in [0.2, 0.25) is 0 Å². The predicted octanol–water partition coefficient (Wildman–Crippen LogP) is -0.649. The van der Waals surface area contributed by atoms with E-state index in [0.717, 1.165) is 0 Å². The number of carbonyl (C=O) groups is 3. The molecule has 20 heavy (non-hydrogen) atoms. The largest absolute Gasteiger partial charge is 0.480 e. The van der Waals surface area contributed by atoms with Crippen LogP contribution in [-0.4, -0.2) is 47.2 Å². The SMILES string of the molecule is O=C(CCNC(=O)c1ccco1)N[C@H](CCO)C(=O)O. The lowest BCUT2D eigenvalue weighted by Gasteiger charge is -2.13. The molecule has 0 radical (unpaired) electrons. The highest BCUT2D eigenvalue weighted by Gasteiger charge is 2.19. The number of aliphatic carboxylic acids is 1. The molecule has 0 saturated heterocycles. The monoisotopic (exact) mass is 284 g/mol. The van der Waals surface area contributed by atoms with Crippen molar-refractivity contribution in [3.8, 4) is 0 Å². The van der Waals surface area contributed by atoms with Crippen LogP contribution in [0.3, 0.4) is 0 Å². The van der Waals surface area contributed by atoms with E-state index < -0.39 is 23.8 Å². The molecule has 0 aliphatic rings. The van der Waals surface area contributed by atoms with Gasteiger partial charge >= 0.3 is 5.97 Å². The van der Waals surface area contributed by atoms with Gasteiger partial charge in [0.1, 0.15) is 6.04 Å². The summed E-state index contributed by atoms with van der Waals surface area (Å²) in [5, 5.41) is 22.2. The van der Waals surface area contributed by atoms with E-state index in [0.29, 0.717) is 0 Å². The maximum atomic E-state index is 11.5. The van der Waals surface area contributed by atoms with E-state index in [1.54, 1.807) is 6.07 Å². The Morgan fingerprint density at radius 1 is 1.35 bits per heavy atom. The fourth-order valence-electron chi connectivity index (χ4n) is 1.44.